The van der Waals surface area contributed by atoms with Crippen molar-refractivity contribution in [2.75, 3.05) is 10.6 Å². The van der Waals surface area contributed by atoms with E-state index in [1.807, 2.05) is 37.3 Å². The summed E-state index contributed by atoms with van der Waals surface area (Å²) in [6, 6.07) is 14.3. The van der Waals surface area contributed by atoms with Crippen LogP contribution in [0.15, 0.2) is 48.5 Å². The minimum Gasteiger partial charge on any atom is -0.292 e. The number of anilines is 1. The lowest BCUT2D eigenvalue weighted by Crippen LogP contribution is -2.34. The first-order valence-corrected chi connectivity index (χ1v) is 10.7. The number of carbonyl (C=O) groups is 1. The topological polar surface area (TPSA) is 98.1 Å². The van der Waals surface area contributed by atoms with E-state index in [1.54, 1.807) is 18.2 Å². The van der Waals surface area contributed by atoms with Crippen LogP contribution in [0.3, 0.4) is 0 Å². The van der Waals surface area contributed by atoms with Crippen LogP contribution in [0.2, 0.25) is 0 Å². The van der Waals surface area contributed by atoms with E-state index in [9.17, 15) is 13.2 Å². The van der Waals surface area contributed by atoms with Gasteiger partial charge in [0.1, 0.15) is 6.54 Å². The first-order valence-electron chi connectivity index (χ1n) is 8.81. The van der Waals surface area contributed by atoms with Crippen molar-refractivity contribution in [2.45, 2.75) is 25.9 Å². The average Bonchev–Trinajstić information content (AvgIpc) is 3.24. The molecule has 0 spiro atoms. The second-order valence-electron chi connectivity index (χ2n) is 6.89. The van der Waals surface area contributed by atoms with Crippen LogP contribution >= 0.6 is 0 Å². The molecule has 28 heavy (non-hydrogen) atoms. The fourth-order valence-corrected chi connectivity index (χ4v) is 4.78. The summed E-state index contributed by atoms with van der Waals surface area (Å²) >= 11 is 0. The van der Waals surface area contributed by atoms with Gasteiger partial charge in [-0.15, -0.1) is 10.2 Å². The molecule has 1 atom stereocenters. The summed E-state index contributed by atoms with van der Waals surface area (Å²) in [5, 5.41) is 12.2. The fraction of sp³-hybridized carbons (Fsp3) is 0.263. The number of hydrogen-bond acceptors (Lipinski definition) is 6. The van der Waals surface area contributed by atoms with Gasteiger partial charge in [-0.1, -0.05) is 30.3 Å². The summed E-state index contributed by atoms with van der Waals surface area (Å²) < 4.78 is 25.4. The molecular weight excluding hydrogens is 378 g/mol. The Bertz CT molecular complexity index is 1140. The number of rotatable bonds is 5. The SMILES string of the molecule is C[C@@H]1Cc2cc(C(=O)Cn3nnc(-c4ccccc4)n3)ccc2N1S(C)(=O)=O. The number of ketones is 1. The minimum absolute atomic E-state index is 0.0377. The molecule has 1 aromatic heterocycles. The van der Waals surface area contributed by atoms with E-state index in [-0.39, 0.29) is 18.4 Å². The zero-order chi connectivity index (χ0) is 19.9. The quantitative estimate of drug-likeness (QED) is 0.610. The van der Waals surface area contributed by atoms with Gasteiger partial charge in [0.05, 0.1) is 11.9 Å². The largest absolute Gasteiger partial charge is 0.292 e. The number of hydrogen-bond donors (Lipinski definition) is 0. The average molecular weight is 397 g/mol. The molecule has 1 aliphatic rings. The fourth-order valence-electron chi connectivity index (χ4n) is 3.51. The smallest absolute Gasteiger partial charge is 0.232 e. The van der Waals surface area contributed by atoms with E-state index >= 15 is 0 Å². The van der Waals surface area contributed by atoms with Crippen LogP contribution in [0, 0.1) is 0 Å². The lowest BCUT2D eigenvalue weighted by atomic mass is 10.0. The van der Waals surface area contributed by atoms with Gasteiger partial charge in [0.2, 0.25) is 15.8 Å². The highest BCUT2D eigenvalue weighted by Crippen LogP contribution is 2.34. The van der Waals surface area contributed by atoms with Gasteiger partial charge in [-0.25, -0.2) is 8.42 Å². The van der Waals surface area contributed by atoms with Crippen molar-refractivity contribution in [1.29, 1.82) is 0 Å². The summed E-state index contributed by atoms with van der Waals surface area (Å²) in [5.74, 6) is 0.297. The molecule has 0 amide bonds. The Labute approximate surface area is 162 Å². The Balaban J connectivity index is 1.54. The van der Waals surface area contributed by atoms with Crippen molar-refractivity contribution in [3.8, 4) is 11.4 Å². The lowest BCUT2D eigenvalue weighted by Gasteiger charge is -2.21. The maximum Gasteiger partial charge on any atom is 0.232 e. The van der Waals surface area contributed by atoms with Gasteiger partial charge in [-0.2, -0.15) is 4.80 Å². The molecule has 0 saturated heterocycles. The maximum atomic E-state index is 12.7. The van der Waals surface area contributed by atoms with Gasteiger partial charge in [0.15, 0.2) is 5.78 Å². The monoisotopic (exact) mass is 397 g/mol. The van der Waals surface area contributed by atoms with E-state index in [2.05, 4.69) is 15.4 Å². The molecule has 1 aliphatic heterocycles. The second kappa shape index (κ2) is 6.83. The molecule has 144 valence electrons. The normalized spacial score (nSPS) is 16.2. The van der Waals surface area contributed by atoms with Crippen molar-refractivity contribution >= 4 is 21.5 Å². The molecule has 0 N–H and O–H groups in total. The highest BCUT2D eigenvalue weighted by Gasteiger charge is 2.32. The molecule has 4 rings (SSSR count). The van der Waals surface area contributed by atoms with E-state index in [4.69, 9.17) is 0 Å². The maximum absolute atomic E-state index is 12.7. The summed E-state index contributed by atoms with van der Waals surface area (Å²) in [5.41, 5.74) is 2.81. The molecule has 9 heteroatoms. The zero-order valence-electron chi connectivity index (χ0n) is 15.5. The van der Waals surface area contributed by atoms with Crippen LogP contribution in [-0.4, -0.2) is 46.7 Å². The number of fused-ring (bicyclic) bond motifs is 1. The number of benzene rings is 2. The summed E-state index contributed by atoms with van der Waals surface area (Å²) in [6.45, 7) is 1.82. The van der Waals surface area contributed by atoms with Crippen molar-refractivity contribution in [1.82, 2.24) is 20.2 Å². The number of aromatic nitrogens is 4. The summed E-state index contributed by atoms with van der Waals surface area (Å²) in [4.78, 5) is 13.9. The van der Waals surface area contributed by atoms with Crippen LogP contribution in [0.4, 0.5) is 5.69 Å². The first-order chi connectivity index (χ1) is 13.3. The highest BCUT2D eigenvalue weighted by molar-refractivity contribution is 7.92. The number of nitrogens with zero attached hydrogens (tertiary/aromatic N) is 5. The second-order valence-corrected chi connectivity index (χ2v) is 8.75. The van der Waals surface area contributed by atoms with Crippen molar-refractivity contribution < 1.29 is 13.2 Å². The van der Waals surface area contributed by atoms with Gasteiger partial charge >= 0.3 is 0 Å². The van der Waals surface area contributed by atoms with Crippen molar-refractivity contribution in [2.24, 2.45) is 0 Å². The minimum atomic E-state index is -3.35. The molecule has 8 nitrogen and oxygen atoms in total. The van der Waals surface area contributed by atoms with Gasteiger partial charge in [-0.3, -0.25) is 9.10 Å². The third-order valence-corrected chi connectivity index (χ3v) is 5.95. The van der Waals surface area contributed by atoms with Crippen LogP contribution < -0.4 is 4.31 Å². The van der Waals surface area contributed by atoms with Crippen LogP contribution in [0.1, 0.15) is 22.8 Å². The molecule has 0 bridgehead atoms. The molecule has 0 radical (unpaired) electrons. The summed E-state index contributed by atoms with van der Waals surface area (Å²) in [6.07, 6.45) is 1.77. The molecule has 0 saturated carbocycles. The van der Waals surface area contributed by atoms with E-state index < -0.39 is 10.0 Å². The van der Waals surface area contributed by atoms with Gasteiger partial charge in [-0.05, 0) is 42.3 Å². The van der Waals surface area contributed by atoms with Gasteiger partial charge in [0.25, 0.3) is 0 Å². The number of tetrazole rings is 1. The third kappa shape index (κ3) is 3.40. The van der Waals surface area contributed by atoms with E-state index in [0.717, 1.165) is 11.1 Å². The van der Waals surface area contributed by atoms with Crippen LogP contribution in [0.5, 0.6) is 0 Å². The number of carbonyl (C=O) groups excluding carboxylic acids is 1. The van der Waals surface area contributed by atoms with E-state index in [1.165, 1.54) is 15.4 Å². The molecule has 0 unspecified atom stereocenters. The molecular formula is C19H19N5O3S. The molecule has 2 heterocycles. The lowest BCUT2D eigenvalue weighted by molar-refractivity contribution is 0.0961. The standard InChI is InChI=1S/C19H19N5O3S/c1-13-10-16-11-15(8-9-17(16)24(13)28(2,26)27)18(25)12-23-21-19(20-22-23)14-6-4-3-5-7-14/h3-9,11,13H,10,12H2,1-2H3/t13-/m1/s1. The Morgan fingerprint density at radius 1 is 1.18 bits per heavy atom. The zero-order valence-corrected chi connectivity index (χ0v) is 16.3. The number of Topliss-reactive ketones (excluding diaryl/α,β-unsaturated/α-hetero) is 1. The Morgan fingerprint density at radius 3 is 2.64 bits per heavy atom. The molecule has 2 aromatic carbocycles. The van der Waals surface area contributed by atoms with Crippen molar-refractivity contribution in [3.05, 3.63) is 59.7 Å². The Kier molecular flexibility index (Phi) is 4.46. The third-order valence-electron chi connectivity index (χ3n) is 4.68. The van der Waals surface area contributed by atoms with Gasteiger partial charge < -0.3 is 0 Å². The van der Waals surface area contributed by atoms with Crippen LogP contribution in [0.25, 0.3) is 11.4 Å². The molecule has 3 aromatic rings. The molecule has 0 fully saturated rings. The summed E-state index contributed by atoms with van der Waals surface area (Å²) in [7, 11) is -3.35. The number of sulfonamides is 1. The Hall–Kier alpha value is -3.07. The first kappa shape index (κ1) is 18.3. The van der Waals surface area contributed by atoms with E-state index in [0.29, 0.717) is 23.5 Å². The predicted octanol–water partition coefficient (Wildman–Crippen LogP) is 1.93. The van der Waals surface area contributed by atoms with Crippen molar-refractivity contribution in [3.63, 3.8) is 0 Å². The molecule has 0 aliphatic carbocycles. The Morgan fingerprint density at radius 2 is 1.93 bits per heavy atom. The predicted molar refractivity (Wildman–Crippen MR) is 105 cm³/mol. The van der Waals surface area contributed by atoms with Crippen LogP contribution in [-0.2, 0) is 23.0 Å². The highest BCUT2D eigenvalue weighted by atomic mass is 32.2. The van der Waals surface area contributed by atoms with Gasteiger partial charge in [0, 0.05) is 17.2 Å².